The number of nitrogens with zero attached hydrogens (tertiary/aromatic N) is 2. The van der Waals surface area contributed by atoms with Crippen molar-refractivity contribution in [1.82, 2.24) is 9.55 Å². The molecule has 0 fully saturated rings. The van der Waals surface area contributed by atoms with Gasteiger partial charge < -0.3 is 10.3 Å². The van der Waals surface area contributed by atoms with E-state index in [0.29, 0.717) is 0 Å². The van der Waals surface area contributed by atoms with E-state index in [1.54, 1.807) is 6.20 Å². The molecule has 2 heterocycles. The molecule has 0 aliphatic rings. The molecule has 0 bridgehead atoms. The topological polar surface area (TPSA) is 43.8 Å². The molecule has 0 saturated heterocycles. The van der Waals surface area contributed by atoms with Gasteiger partial charge in [-0.15, -0.1) is 0 Å². The Morgan fingerprint density at radius 1 is 0.596 bits per heavy atom. The molecule has 0 amide bonds. The van der Waals surface area contributed by atoms with E-state index < -0.39 is 0 Å². The molecular weight excluding hydrogens is 571 g/mol. The first-order chi connectivity index (χ1) is 23.2. The Balaban J connectivity index is 1.28. The molecule has 0 radical (unpaired) electrons. The smallest absolute Gasteiger partial charge is 0.0701 e. The Bertz CT molecular complexity index is 2450. The molecule has 3 nitrogen and oxygen atoms in total. The van der Waals surface area contributed by atoms with Gasteiger partial charge in [0.25, 0.3) is 0 Å². The summed E-state index contributed by atoms with van der Waals surface area (Å²) < 4.78 is 2.43. The third-order valence-electron chi connectivity index (χ3n) is 9.05. The molecule has 2 N–H and O–H groups in total. The summed E-state index contributed by atoms with van der Waals surface area (Å²) in [5.41, 5.74) is 18.3. The Hall–Kier alpha value is -6.19. The first kappa shape index (κ1) is 28.3. The second-order valence-electron chi connectivity index (χ2n) is 11.9. The van der Waals surface area contributed by atoms with Gasteiger partial charge in [-0.3, -0.25) is 4.98 Å². The van der Waals surface area contributed by atoms with Crippen LogP contribution in [0.5, 0.6) is 0 Å². The molecule has 0 spiro atoms. The van der Waals surface area contributed by atoms with Crippen LogP contribution in [0.3, 0.4) is 0 Å². The minimum absolute atomic E-state index is 0.983. The lowest BCUT2D eigenvalue weighted by atomic mass is 9.97. The van der Waals surface area contributed by atoms with Gasteiger partial charge in [0.05, 0.1) is 16.7 Å². The highest BCUT2D eigenvalue weighted by molar-refractivity contribution is 6.19. The maximum atomic E-state index is 5.59. The molecule has 0 aliphatic carbocycles. The van der Waals surface area contributed by atoms with E-state index in [1.807, 2.05) is 36.5 Å². The average Bonchev–Trinajstić information content (AvgIpc) is 3.48. The number of allylic oxidation sites excluding steroid dienone is 3. The average molecular weight is 604 g/mol. The molecule has 2 aromatic heterocycles. The molecule has 224 valence electrons. The van der Waals surface area contributed by atoms with E-state index in [9.17, 15) is 0 Å². The van der Waals surface area contributed by atoms with Gasteiger partial charge in [-0.05, 0) is 100 Å². The third-order valence-corrected chi connectivity index (χ3v) is 9.05. The molecule has 3 heteroatoms. The van der Waals surface area contributed by atoms with Crippen LogP contribution in [0.15, 0.2) is 170 Å². The number of nitrogens with two attached hydrogens (primary N) is 1. The van der Waals surface area contributed by atoms with Gasteiger partial charge in [-0.1, -0.05) is 109 Å². The highest BCUT2D eigenvalue weighted by atomic mass is 15.0. The zero-order valence-electron chi connectivity index (χ0n) is 26.1. The van der Waals surface area contributed by atoms with Crippen LogP contribution in [0.25, 0.3) is 77.3 Å². The van der Waals surface area contributed by atoms with Gasteiger partial charge in [-0.25, -0.2) is 0 Å². The Morgan fingerprint density at radius 2 is 1.30 bits per heavy atom. The lowest BCUT2D eigenvalue weighted by Crippen LogP contribution is -1.94. The molecule has 8 aromatic rings. The molecule has 47 heavy (non-hydrogen) atoms. The summed E-state index contributed by atoms with van der Waals surface area (Å²) in [4.78, 5) is 4.50. The van der Waals surface area contributed by atoms with Gasteiger partial charge in [0, 0.05) is 33.6 Å². The predicted molar refractivity (Wildman–Crippen MR) is 199 cm³/mol. The lowest BCUT2D eigenvalue weighted by molar-refractivity contribution is 1.19. The van der Waals surface area contributed by atoms with Crippen molar-refractivity contribution in [1.29, 1.82) is 0 Å². The van der Waals surface area contributed by atoms with Crippen molar-refractivity contribution in [3.63, 3.8) is 0 Å². The standard InChI is InChI=1S/C44H33N3/c1-30(9-8-25-45)33-10-7-11-34(27-33)36-20-23-40-41-24-21-37-28-35(31-15-17-32(18-16-31)42-14-5-6-26-46-42)19-22-39(37)44(41)47(43(40)29-36)38-12-3-2-4-13-38/h2-29H,45H2,1H3/b25-8-,30-9+. The zero-order chi connectivity index (χ0) is 31.7. The monoisotopic (exact) mass is 603 g/mol. The van der Waals surface area contributed by atoms with Crippen LogP contribution in [0.1, 0.15) is 12.5 Å². The minimum Gasteiger partial charge on any atom is -0.405 e. The van der Waals surface area contributed by atoms with Crippen molar-refractivity contribution < 1.29 is 0 Å². The van der Waals surface area contributed by atoms with Crippen LogP contribution in [0.2, 0.25) is 0 Å². The summed E-state index contributed by atoms with van der Waals surface area (Å²) in [6.07, 6.45) is 7.32. The highest BCUT2D eigenvalue weighted by Gasteiger charge is 2.16. The fourth-order valence-electron chi connectivity index (χ4n) is 6.65. The fourth-order valence-corrected chi connectivity index (χ4v) is 6.65. The van der Waals surface area contributed by atoms with E-state index in [4.69, 9.17) is 5.73 Å². The summed E-state index contributed by atoms with van der Waals surface area (Å²) in [5, 5.41) is 4.93. The number of pyridine rings is 1. The van der Waals surface area contributed by atoms with E-state index in [0.717, 1.165) is 16.9 Å². The van der Waals surface area contributed by atoms with E-state index in [2.05, 4.69) is 144 Å². The second-order valence-corrected chi connectivity index (χ2v) is 11.9. The molecular formula is C44H33N3. The van der Waals surface area contributed by atoms with Gasteiger partial charge in [0.1, 0.15) is 0 Å². The van der Waals surface area contributed by atoms with Crippen LogP contribution in [-0.4, -0.2) is 9.55 Å². The van der Waals surface area contributed by atoms with Gasteiger partial charge in [0.15, 0.2) is 0 Å². The Morgan fingerprint density at radius 3 is 2.09 bits per heavy atom. The maximum Gasteiger partial charge on any atom is 0.0701 e. The van der Waals surface area contributed by atoms with E-state index in [1.165, 1.54) is 66.0 Å². The van der Waals surface area contributed by atoms with Gasteiger partial charge in [-0.2, -0.15) is 0 Å². The first-order valence-electron chi connectivity index (χ1n) is 15.9. The summed E-state index contributed by atoms with van der Waals surface area (Å²) in [7, 11) is 0. The zero-order valence-corrected chi connectivity index (χ0v) is 26.1. The number of rotatable bonds is 6. The van der Waals surface area contributed by atoms with E-state index >= 15 is 0 Å². The minimum atomic E-state index is 0.983. The van der Waals surface area contributed by atoms with E-state index in [-0.39, 0.29) is 0 Å². The SMILES string of the molecule is C/C(=C\C=C/N)c1cccc(-c2ccc3c4ccc5cc(-c6ccc(-c7ccccn7)cc6)ccc5c4n(-c4ccccc4)c3c2)c1. The normalized spacial score (nSPS) is 12.1. The molecule has 0 aliphatic heterocycles. The Kier molecular flexibility index (Phi) is 7.20. The summed E-state index contributed by atoms with van der Waals surface area (Å²) in [5.74, 6) is 0. The summed E-state index contributed by atoms with van der Waals surface area (Å²) >= 11 is 0. The van der Waals surface area contributed by atoms with Gasteiger partial charge >= 0.3 is 0 Å². The maximum absolute atomic E-state index is 5.59. The number of hydrogen-bond acceptors (Lipinski definition) is 2. The van der Waals surface area contributed by atoms with Crippen molar-refractivity contribution in [2.75, 3.05) is 0 Å². The number of fused-ring (bicyclic) bond motifs is 5. The molecule has 6 aromatic carbocycles. The van der Waals surface area contributed by atoms with Crippen LogP contribution in [0.4, 0.5) is 0 Å². The van der Waals surface area contributed by atoms with Crippen LogP contribution < -0.4 is 5.73 Å². The molecule has 8 rings (SSSR count). The van der Waals surface area contributed by atoms with Crippen LogP contribution in [0, 0.1) is 0 Å². The number of para-hydroxylation sites is 1. The number of benzene rings is 6. The first-order valence-corrected chi connectivity index (χ1v) is 15.9. The van der Waals surface area contributed by atoms with Crippen molar-refractivity contribution in [2.24, 2.45) is 5.73 Å². The summed E-state index contributed by atoms with van der Waals surface area (Å²) in [6, 6.07) is 52.4. The lowest BCUT2D eigenvalue weighted by Gasteiger charge is -2.12. The van der Waals surface area contributed by atoms with Crippen LogP contribution in [-0.2, 0) is 0 Å². The largest absolute Gasteiger partial charge is 0.405 e. The highest BCUT2D eigenvalue weighted by Crippen LogP contribution is 2.39. The van der Waals surface area contributed by atoms with Crippen molar-refractivity contribution in [2.45, 2.75) is 6.92 Å². The van der Waals surface area contributed by atoms with Gasteiger partial charge in [0.2, 0.25) is 0 Å². The van der Waals surface area contributed by atoms with Crippen molar-refractivity contribution in [3.8, 4) is 39.2 Å². The molecule has 0 unspecified atom stereocenters. The molecule has 0 atom stereocenters. The third kappa shape index (κ3) is 5.18. The molecule has 0 saturated carbocycles. The second kappa shape index (κ2) is 12.0. The Labute approximate surface area is 274 Å². The number of aromatic nitrogens is 2. The van der Waals surface area contributed by atoms with Crippen molar-refractivity contribution in [3.05, 3.63) is 176 Å². The van der Waals surface area contributed by atoms with Crippen molar-refractivity contribution >= 4 is 38.2 Å². The number of hydrogen-bond donors (Lipinski definition) is 1. The summed E-state index contributed by atoms with van der Waals surface area (Å²) in [6.45, 7) is 2.11. The quantitative estimate of drug-likeness (QED) is 0.192. The predicted octanol–water partition coefficient (Wildman–Crippen LogP) is 11.2. The fraction of sp³-hybridized carbons (Fsp3) is 0.0227. The van der Waals surface area contributed by atoms with Crippen LogP contribution >= 0.6 is 0 Å².